The van der Waals surface area contributed by atoms with Gasteiger partial charge in [-0.25, -0.2) is 8.96 Å². The van der Waals surface area contributed by atoms with Gasteiger partial charge in [-0.1, -0.05) is 24.8 Å². The van der Waals surface area contributed by atoms with Crippen molar-refractivity contribution in [3.63, 3.8) is 0 Å². The largest absolute Gasteiger partial charge is 0.462 e. The van der Waals surface area contributed by atoms with Crippen LogP contribution in [0.5, 0.6) is 5.75 Å². The third-order valence-corrected chi connectivity index (χ3v) is 7.07. The Morgan fingerprint density at radius 3 is 2.59 bits per heavy atom. The Hall–Kier alpha value is -2.80. The molecule has 1 aromatic rings. The highest BCUT2D eigenvalue weighted by Gasteiger charge is 2.64. The summed E-state index contributed by atoms with van der Waals surface area (Å²) in [5.41, 5.74) is -2.24. The molecule has 1 aromatic carbocycles. The van der Waals surface area contributed by atoms with Crippen LogP contribution in [0.25, 0.3) is 0 Å². The van der Waals surface area contributed by atoms with Crippen LogP contribution in [0.2, 0.25) is 0 Å². The number of ether oxygens (including phenoxy) is 2. The number of aliphatic hydroxyl groups is 2. The number of para-hydroxylation sites is 1. The normalized spacial score (nSPS) is 30.1. The predicted octanol–water partition coefficient (Wildman–Crippen LogP) is 1.67. The molecule has 2 aliphatic rings. The Bertz CT molecular complexity index is 1100. The minimum atomic E-state index is -4.50. The molecule has 0 bridgehead atoms. The lowest BCUT2D eigenvalue weighted by atomic mass is 9.95. The number of amides is 1. The first kappa shape index (κ1) is 28.8. The van der Waals surface area contributed by atoms with Crippen molar-refractivity contribution in [2.45, 2.75) is 63.6 Å². The SMILES string of the molecule is C=C1NC(=O)C=CN1[C@@H]1O[C@](F)(CO[P@](=O)(N[C@H](C)C(=O)OC(C)C)Oc2ccccc2)[C@@H](O)[C@@]1(C)O. The van der Waals surface area contributed by atoms with Crippen LogP contribution in [0.4, 0.5) is 4.39 Å². The minimum absolute atomic E-state index is 0.0348. The zero-order valence-electron chi connectivity index (χ0n) is 20.8. The molecule has 0 radical (unpaired) electrons. The summed E-state index contributed by atoms with van der Waals surface area (Å²) in [6.07, 6.45) is -1.91. The van der Waals surface area contributed by atoms with Crippen LogP contribution in [0.15, 0.2) is 55.0 Å². The van der Waals surface area contributed by atoms with Gasteiger partial charge >= 0.3 is 13.7 Å². The average molecular weight is 543 g/mol. The van der Waals surface area contributed by atoms with Crippen LogP contribution < -0.4 is 14.9 Å². The zero-order valence-corrected chi connectivity index (χ0v) is 21.7. The molecule has 2 aliphatic heterocycles. The molecule has 1 fully saturated rings. The fraction of sp³-hybridized carbons (Fsp3) is 0.478. The topological polar surface area (TPSA) is 156 Å². The lowest BCUT2D eigenvalue weighted by molar-refractivity contribution is -0.206. The molecule has 12 nitrogen and oxygen atoms in total. The highest BCUT2D eigenvalue weighted by atomic mass is 31.2. The van der Waals surface area contributed by atoms with E-state index in [4.69, 9.17) is 18.5 Å². The lowest BCUT2D eigenvalue weighted by Gasteiger charge is -2.36. The van der Waals surface area contributed by atoms with Crippen LogP contribution in [0.1, 0.15) is 27.7 Å². The number of carbonyl (C=O) groups excluding carboxylic acids is 2. The highest BCUT2D eigenvalue weighted by molar-refractivity contribution is 7.52. The van der Waals surface area contributed by atoms with E-state index in [1.54, 1.807) is 32.0 Å². The molecule has 0 aromatic heterocycles. The number of benzene rings is 1. The highest BCUT2D eigenvalue weighted by Crippen LogP contribution is 2.49. The Balaban J connectivity index is 1.82. The summed E-state index contributed by atoms with van der Waals surface area (Å²) in [7, 11) is -4.50. The molecule has 0 spiro atoms. The molecule has 1 saturated heterocycles. The van der Waals surface area contributed by atoms with Gasteiger partial charge in [0.2, 0.25) is 0 Å². The van der Waals surface area contributed by atoms with Gasteiger partial charge in [-0.3, -0.25) is 14.1 Å². The first-order valence-corrected chi connectivity index (χ1v) is 12.9. The molecule has 0 aliphatic carbocycles. The molecule has 0 saturated carbocycles. The van der Waals surface area contributed by atoms with E-state index in [1.807, 2.05) is 0 Å². The first-order valence-electron chi connectivity index (χ1n) is 11.4. The molecular formula is C23H31FN3O9P. The van der Waals surface area contributed by atoms with Gasteiger partial charge in [0.15, 0.2) is 6.23 Å². The average Bonchev–Trinajstić information content (AvgIpc) is 2.98. The number of nitrogens with one attached hydrogen (secondary N) is 2. The van der Waals surface area contributed by atoms with E-state index in [1.165, 1.54) is 25.3 Å². The maximum absolute atomic E-state index is 15.9. The summed E-state index contributed by atoms with van der Waals surface area (Å²) >= 11 is 0. The van der Waals surface area contributed by atoms with Crippen molar-refractivity contribution < 1.29 is 47.3 Å². The monoisotopic (exact) mass is 543 g/mol. The third-order valence-electron chi connectivity index (χ3n) is 5.45. The van der Waals surface area contributed by atoms with Crippen molar-refractivity contribution in [3.05, 3.63) is 55.0 Å². The van der Waals surface area contributed by atoms with E-state index < -0.39 is 62.2 Å². The molecule has 204 valence electrons. The number of nitrogens with zero attached hydrogens (tertiary/aromatic N) is 1. The number of hydrogen-bond acceptors (Lipinski definition) is 10. The van der Waals surface area contributed by atoms with Crippen LogP contribution >= 0.6 is 7.75 Å². The molecule has 6 atom stereocenters. The van der Waals surface area contributed by atoms with Crippen LogP contribution in [0, 0.1) is 0 Å². The van der Waals surface area contributed by atoms with Crippen molar-refractivity contribution in [1.29, 1.82) is 0 Å². The summed E-state index contributed by atoms with van der Waals surface area (Å²) in [5, 5.41) is 26.3. The Kier molecular flexibility index (Phi) is 8.47. The second kappa shape index (κ2) is 10.9. The fourth-order valence-electron chi connectivity index (χ4n) is 3.61. The van der Waals surface area contributed by atoms with Crippen molar-refractivity contribution >= 4 is 19.6 Å². The van der Waals surface area contributed by atoms with Crippen molar-refractivity contribution in [2.24, 2.45) is 0 Å². The van der Waals surface area contributed by atoms with E-state index >= 15 is 4.39 Å². The quantitative estimate of drug-likeness (QED) is 0.252. The number of hydrogen-bond donors (Lipinski definition) is 4. The summed E-state index contributed by atoms with van der Waals surface area (Å²) in [6, 6.07) is 6.60. The third kappa shape index (κ3) is 6.56. The van der Waals surface area contributed by atoms with Crippen LogP contribution in [0.3, 0.4) is 0 Å². The van der Waals surface area contributed by atoms with E-state index in [0.29, 0.717) is 0 Å². The van der Waals surface area contributed by atoms with Gasteiger partial charge in [-0.05, 0) is 39.8 Å². The van der Waals surface area contributed by atoms with Gasteiger partial charge in [-0.2, -0.15) is 5.09 Å². The molecule has 37 heavy (non-hydrogen) atoms. The summed E-state index contributed by atoms with van der Waals surface area (Å²) < 4.78 is 50.7. The maximum Gasteiger partial charge on any atom is 0.459 e. The molecule has 4 N–H and O–H groups in total. The number of aliphatic hydroxyl groups excluding tert-OH is 1. The number of rotatable bonds is 10. The standard InChI is InChI=1S/C23H31FN3O9P/c1-14(2)34-19(29)15(3)26-37(32,36-17-9-7-6-8-10-17)33-13-23(24)20(30)22(5,31)21(35-23)27-12-11-18(28)25-16(27)4/h6-12,14-15,20-21,30-31H,4,13H2,1-3,5H3,(H,25,28)(H,26,32)/t15-,20+,21-,22-,23-,37-/m1/s1. The predicted molar refractivity (Wildman–Crippen MR) is 128 cm³/mol. The van der Waals surface area contributed by atoms with Crippen molar-refractivity contribution in [1.82, 2.24) is 15.3 Å². The van der Waals surface area contributed by atoms with Gasteiger partial charge in [0, 0.05) is 12.3 Å². The Morgan fingerprint density at radius 1 is 1.35 bits per heavy atom. The van der Waals surface area contributed by atoms with E-state index in [0.717, 1.165) is 17.9 Å². The van der Waals surface area contributed by atoms with Gasteiger partial charge in [-0.15, -0.1) is 0 Å². The lowest BCUT2D eigenvalue weighted by Crippen LogP contribution is -2.54. The number of halogens is 1. The van der Waals surface area contributed by atoms with Gasteiger partial charge < -0.3 is 34.4 Å². The number of alkyl halides is 1. The summed E-state index contributed by atoms with van der Waals surface area (Å²) in [5.74, 6) is -4.30. The van der Waals surface area contributed by atoms with Crippen LogP contribution in [-0.2, 0) is 28.2 Å². The minimum Gasteiger partial charge on any atom is -0.462 e. The van der Waals surface area contributed by atoms with E-state index in [2.05, 4.69) is 17.0 Å². The first-order chi connectivity index (χ1) is 17.2. The Labute approximate surface area is 213 Å². The van der Waals surface area contributed by atoms with Gasteiger partial charge in [0.25, 0.3) is 11.8 Å². The van der Waals surface area contributed by atoms with Crippen molar-refractivity contribution in [2.75, 3.05) is 6.61 Å². The Morgan fingerprint density at radius 2 is 2.00 bits per heavy atom. The van der Waals surface area contributed by atoms with Gasteiger partial charge in [0.05, 0.1) is 6.10 Å². The molecule has 2 heterocycles. The molecule has 0 unspecified atom stereocenters. The molecule has 14 heteroatoms. The summed E-state index contributed by atoms with van der Waals surface area (Å²) in [6.45, 7) is 8.18. The second-order valence-corrected chi connectivity index (χ2v) is 10.7. The molecular weight excluding hydrogens is 512 g/mol. The smallest absolute Gasteiger partial charge is 0.459 e. The second-order valence-electron chi connectivity index (χ2n) is 9.06. The fourth-order valence-corrected chi connectivity index (χ4v) is 5.11. The van der Waals surface area contributed by atoms with Crippen LogP contribution in [-0.4, -0.2) is 69.5 Å². The van der Waals surface area contributed by atoms with E-state index in [-0.39, 0.29) is 11.6 Å². The number of esters is 1. The maximum atomic E-state index is 15.9. The number of carbonyl (C=O) groups is 2. The summed E-state index contributed by atoms with van der Waals surface area (Å²) in [4.78, 5) is 24.9. The molecule has 3 rings (SSSR count). The zero-order chi connectivity index (χ0) is 27.6. The molecule has 1 amide bonds. The van der Waals surface area contributed by atoms with Gasteiger partial charge in [0.1, 0.15) is 35.9 Å². The van der Waals surface area contributed by atoms with E-state index in [9.17, 15) is 24.4 Å². The van der Waals surface area contributed by atoms with Crippen molar-refractivity contribution in [3.8, 4) is 5.75 Å².